The van der Waals surface area contributed by atoms with E-state index < -0.39 is 17.5 Å². The fourth-order valence-electron chi connectivity index (χ4n) is 3.42. The molecule has 2 N–H and O–H groups in total. The number of rotatable bonds is 3. The molecule has 1 aliphatic heterocycles. The van der Waals surface area contributed by atoms with Gasteiger partial charge < -0.3 is 9.72 Å². The molecule has 1 aromatic carbocycles. The predicted molar refractivity (Wildman–Crippen MR) is 88.1 cm³/mol. The lowest BCUT2D eigenvalue weighted by Gasteiger charge is -2.38. The maximum absolute atomic E-state index is 12.3. The van der Waals surface area contributed by atoms with Crippen LogP contribution in [0.2, 0.25) is 5.02 Å². The van der Waals surface area contributed by atoms with E-state index in [1.807, 2.05) is 12.1 Å². The van der Waals surface area contributed by atoms with Crippen LogP contribution in [0.15, 0.2) is 29.8 Å². The van der Waals surface area contributed by atoms with Crippen LogP contribution in [0, 0.1) is 0 Å². The number of aromatic nitrogens is 1. The highest BCUT2D eigenvalue weighted by Gasteiger charge is 2.54. The molecule has 1 aromatic heterocycles. The number of esters is 1. The smallest absolute Gasteiger partial charge is 0.345 e. The van der Waals surface area contributed by atoms with Gasteiger partial charge in [-0.1, -0.05) is 17.7 Å². The molecule has 1 saturated carbocycles. The number of hydrogen-bond donors (Lipinski definition) is 2. The summed E-state index contributed by atoms with van der Waals surface area (Å²) in [5, 5.41) is 1.56. The van der Waals surface area contributed by atoms with Crippen LogP contribution in [0.4, 0.5) is 0 Å². The minimum atomic E-state index is -0.720. The first-order valence-corrected chi connectivity index (χ1v) is 8.02. The van der Waals surface area contributed by atoms with Crippen LogP contribution >= 0.6 is 11.6 Å². The number of carbonyl (C=O) groups excluding carboxylic acids is 2. The van der Waals surface area contributed by atoms with Gasteiger partial charge in [-0.25, -0.2) is 10.3 Å². The van der Waals surface area contributed by atoms with E-state index in [4.69, 9.17) is 16.3 Å². The molecule has 24 heavy (non-hydrogen) atoms. The third-order valence-corrected chi connectivity index (χ3v) is 4.87. The molecule has 1 amide bonds. The van der Waals surface area contributed by atoms with Gasteiger partial charge in [0.2, 0.25) is 0 Å². The lowest BCUT2D eigenvalue weighted by Crippen LogP contribution is -2.39. The maximum Gasteiger partial charge on any atom is 0.345 e. The van der Waals surface area contributed by atoms with Crippen LogP contribution in [0.1, 0.15) is 25.0 Å². The van der Waals surface area contributed by atoms with Crippen molar-refractivity contribution in [1.29, 1.82) is 0 Å². The summed E-state index contributed by atoms with van der Waals surface area (Å²) in [5.74, 6) is -1.21. The molecular formula is C17H15ClN2O4. The van der Waals surface area contributed by atoms with Crippen molar-refractivity contribution in [2.24, 2.45) is 0 Å². The fraction of sp³-hybridized carbons (Fsp3) is 0.294. The van der Waals surface area contributed by atoms with Crippen molar-refractivity contribution in [3.63, 3.8) is 0 Å². The molecule has 7 heteroatoms. The van der Waals surface area contributed by atoms with Gasteiger partial charge in [0.1, 0.15) is 11.2 Å². The monoisotopic (exact) mass is 346 g/mol. The number of fused-ring (bicyclic) bond motifs is 1. The number of carbonyl (C=O) groups is 2. The van der Waals surface area contributed by atoms with E-state index in [9.17, 15) is 9.59 Å². The number of hydrogen-bond acceptors (Lipinski definition) is 4. The Hall–Kier alpha value is -2.31. The van der Waals surface area contributed by atoms with Crippen molar-refractivity contribution >= 4 is 40.0 Å². The zero-order valence-electron chi connectivity index (χ0n) is 12.9. The van der Waals surface area contributed by atoms with Gasteiger partial charge in [-0.05, 0) is 37.5 Å². The summed E-state index contributed by atoms with van der Waals surface area (Å²) in [6, 6.07) is 7.39. The Morgan fingerprint density at radius 2 is 2.17 bits per heavy atom. The van der Waals surface area contributed by atoms with E-state index in [1.54, 1.807) is 12.1 Å². The SMILES string of the molecule is CONC(=O)C1=C(c2cc3ccc(Cl)cc3[nH]2)C2(CCC2)OC1=O. The van der Waals surface area contributed by atoms with E-state index in [-0.39, 0.29) is 5.57 Å². The van der Waals surface area contributed by atoms with Crippen LogP contribution < -0.4 is 5.48 Å². The minimum Gasteiger partial charge on any atom is -0.450 e. The minimum absolute atomic E-state index is 0.00537. The van der Waals surface area contributed by atoms with Crippen LogP contribution in [0.25, 0.3) is 16.5 Å². The molecule has 0 unspecified atom stereocenters. The number of H-pyrrole nitrogens is 1. The Bertz CT molecular complexity index is 895. The van der Waals surface area contributed by atoms with Gasteiger partial charge in [-0.2, -0.15) is 0 Å². The molecule has 0 bridgehead atoms. The Morgan fingerprint density at radius 1 is 1.38 bits per heavy atom. The highest BCUT2D eigenvalue weighted by atomic mass is 35.5. The second-order valence-electron chi connectivity index (χ2n) is 6.04. The first kappa shape index (κ1) is 15.2. The number of ether oxygens (including phenoxy) is 1. The Kier molecular flexibility index (Phi) is 3.40. The van der Waals surface area contributed by atoms with E-state index in [0.717, 1.165) is 17.3 Å². The second kappa shape index (κ2) is 5.36. The molecule has 0 radical (unpaired) electrons. The number of amides is 1. The Morgan fingerprint density at radius 3 is 2.83 bits per heavy atom. The van der Waals surface area contributed by atoms with Crippen molar-refractivity contribution in [1.82, 2.24) is 10.5 Å². The molecule has 0 saturated heterocycles. The summed E-state index contributed by atoms with van der Waals surface area (Å²) in [5.41, 5.74) is 3.62. The molecule has 1 spiro atoms. The largest absolute Gasteiger partial charge is 0.450 e. The molecule has 124 valence electrons. The van der Waals surface area contributed by atoms with E-state index in [1.165, 1.54) is 7.11 Å². The summed E-state index contributed by atoms with van der Waals surface area (Å²) in [6.07, 6.45) is 2.35. The van der Waals surface area contributed by atoms with Gasteiger partial charge in [-0.15, -0.1) is 0 Å². The first-order chi connectivity index (χ1) is 11.5. The maximum atomic E-state index is 12.3. The van der Waals surface area contributed by atoms with Crippen LogP contribution in [-0.4, -0.2) is 29.6 Å². The summed E-state index contributed by atoms with van der Waals surface area (Å²) < 4.78 is 5.58. The normalized spacial score (nSPS) is 18.8. The van der Waals surface area contributed by atoms with Gasteiger partial charge in [0.05, 0.1) is 7.11 Å². The number of hydroxylamine groups is 1. The number of benzene rings is 1. The highest BCUT2D eigenvalue weighted by Crippen LogP contribution is 2.51. The summed E-state index contributed by atoms with van der Waals surface area (Å²) in [7, 11) is 1.32. The standard InChI is InChI=1S/C17H15ClN2O4/c1-23-20-15(21)13-14(17(5-2-6-17)24-16(13)22)12-7-9-3-4-10(18)8-11(9)19-12/h3-4,7-8,19H,2,5-6H2,1H3,(H,20,21). The summed E-state index contributed by atoms with van der Waals surface area (Å²) in [6.45, 7) is 0. The molecule has 0 atom stereocenters. The third kappa shape index (κ3) is 2.14. The molecule has 2 aliphatic rings. The fourth-order valence-corrected chi connectivity index (χ4v) is 3.60. The van der Waals surface area contributed by atoms with Crippen molar-refractivity contribution in [2.45, 2.75) is 24.9 Å². The Balaban J connectivity index is 1.91. The molecule has 6 nitrogen and oxygen atoms in total. The van der Waals surface area contributed by atoms with Crippen LogP contribution in [-0.2, 0) is 19.2 Å². The summed E-state index contributed by atoms with van der Waals surface area (Å²) in [4.78, 5) is 32.6. The number of aromatic amines is 1. The van der Waals surface area contributed by atoms with Gasteiger partial charge in [0, 0.05) is 27.2 Å². The lowest BCUT2D eigenvalue weighted by atomic mass is 9.73. The second-order valence-corrected chi connectivity index (χ2v) is 6.47. The molecule has 1 fully saturated rings. The van der Waals surface area contributed by atoms with Crippen molar-refractivity contribution < 1.29 is 19.2 Å². The summed E-state index contributed by atoms with van der Waals surface area (Å²) >= 11 is 6.03. The van der Waals surface area contributed by atoms with E-state index in [0.29, 0.717) is 29.1 Å². The van der Waals surface area contributed by atoms with Crippen molar-refractivity contribution in [3.8, 4) is 0 Å². The average molecular weight is 347 g/mol. The zero-order valence-corrected chi connectivity index (χ0v) is 13.7. The number of nitrogens with one attached hydrogen (secondary N) is 2. The van der Waals surface area contributed by atoms with E-state index >= 15 is 0 Å². The van der Waals surface area contributed by atoms with Crippen molar-refractivity contribution in [2.75, 3.05) is 7.11 Å². The zero-order chi connectivity index (χ0) is 16.9. The van der Waals surface area contributed by atoms with Crippen LogP contribution in [0.3, 0.4) is 0 Å². The lowest BCUT2D eigenvalue weighted by molar-refractivity contribution is -0.152. The van der Waals surface area contributed by atoms with Gasteiger partial charge >= 0.3 is 5.97 Å². The average Bonchev–Trinajstić information content (AvgIpc) is 3.04. The predicted octanol–water partition coefficient (Wildman–Crippen LogP) is 2.73. The molecule has 2 heterocycles. The first-order valence-electron chi connectivity index (χ1n) is 7.64. The van der Waals surface area contributed by atoms with Gasteiger partial charge in [-0.3, -0.25) is 9.63 Å². The molecule has 2 aromatic rings. The Labute approximate surface area is 142 Å². The third-order valence-electron chi connectivity index (χ3n) is 4.63. The molecule has 4 rings (SSSR count). The van der Waals surface area contributed by atoms with Crippen molar-refractivity contribution in [3.05, 3.63) is 40.6 Å². The van der Waals surface area contributed by atoms with Gasteiger partial charge in [0.15, 0.2) is 0 Å². The highest BCUT2D eigenvalue weighted by molar-refractivity contribution is 6.31. The molecule has 1 aliphatic carbocycles. The molecular weight excluding hydrogens is 332 g/mol. The topological polar surface area (TPSA) is 80.4 Å². The number of halogens is 1. The van der Waals surface area contributed by atoms with E-state index in [2.05, 4.69) is 15.3 Å². The quantitative estimate of drug-likeness (QED) is 0.508. The van der Waals surface area contributed by atoms with Gasteiger partial charge in [0.25, 0.3) is 5.91 Å². The van der Waals surface area contributed by atoms with Crippen LogP contribution in [0.5, 0.6) is 0 Å².